The first kappa shape index (κ1) is 20.9. The van der Waals surface area contributed by atoms with E-state index < -0.39 is 0 Å². The van der Waals surface area contributed by atoms with Gasteiger partial charge >= 0.3 is 0 Å². The first-order valence-corrected chi connectivity index (χ1v) is 11.0. The molecule has 0 aliphatic carbocycles. The minimum Gasteiger partial charge on any atom is -0.493 e. The Bertz CT molecular complexity index is 1280. The lowest BCUT2D eigenvalue weighted by Gasteiger charge is -2.35. The van der Waals surface area contributed by atoms with Gasteiger partial charge in [-0.1, -0.05) is 35.0 Å². The van der Waals surface area contributed by atoms with Gasteiger partial charge in [-0.05, 0) is 38.1 Å². The van der Waals surface area contributed by atoms with Crippen LogP contribution in [-0.2, 0) is 0 Å². The van der Waals surface area contributed by atoms with Crippen LogP contribution in [0.4, 0.5) is 5.82 Å². The summed E-state index contributed by atoms with van der Waals surface area (Å²) in [5, 5.41) is 8.70. The van der Waals surface area contributed by atoms with Gasteiger partial charge in [0.2, 0.25) is 0 Å². The molecular formula is C24H25N7O2. The van der Waals surface area contributed by atoms with Crippen molar-refractivity contribution in [2.24, 2.45) is 0 Å². The predicted octanol–water partition coefficient (Wildman–Crippen LogP) is 2.88. The summed E-state index contributed by atoms with van der Waals surface area (Å²) >= 11 is 0. The van der Waals surface area contributed by atoms with Gasteiger partial charge in [0.15, 0.2) is 17.0 Å². The quantitative estimate of drug-likeness (QED) is 0.469. The fourth-order valence-corrected chi connectivity index (χ4v) is 4.04. The molecule has 0 bridgehead atoms. The smallest absolute Gasteiger partial charge is 0.257 e. The minimum absolute atomic E-state index is 0.0168. The molecule has 0 saturated carbocycles. The van der Waals surface area contributed by atoms with Crippen LogP contribution in [-0.4, -0.2) is 68.6 Å². The maximum atomic E-state index is 13.1. The molecule has 1 fully saturated rings. The van der Waals surface area contributed by atoms with Gasteiger partial charge in [-0.25, -0.2) is 9.97 Å². The molecule has 0 atom stereocenters. The van der Waals surface area contributed by atoms with Gasteiger partial charge in [0.05, 0.1) is 17.9 Å². The molecule has 0 radical (unpaired) electrons. The van der Waals surface area contributed by atoms with E-state index in [1.165, 1.54) is 5.56 Å². The molecule has 2 aromatic heterocycles. The monoisotopic (exact) mass is 443 g/mol. The maximum absolute atomic E-state index is 13.1. The lowest BCUT2D eigenvalue weighted by atomic mass is 10.1. The van der Waals surface area contributed by atoms with Crippen LogP contribution in [0.15, 0.2) is 54.9 Å². The number of rotatable bonds is 5. The number of ether oxygens (including phenoxy) is 1. The number of nitrogens with zero attached hydrogens (tertiary/aromatic N) is 7. The zero-order chi connectivity index (χ0) is 22.8. The molecule has 1 saturated heterocycles. The van der Waals surface area contributed by atoms with E-state index in [2.05, 4.69) is 25.2 Å². The average molecular weight is 444 g/mol. The van der Waals surface area contributed by atoms with E-state index in [4.69, 9.17) is 4.74 Å². The van der Waals surface area contributed by atoms with Crippen LogP contribution in [0.1, 0.15) is 22.8 Å². The molecule has 168 valence electrons. The predicted molar refractivity (Wildman–Crippen MR) is 125 cm³/mol. The number of carbonyl (C=O) groups is 1. The van der Waals surface area contributed by atoms with Crippen molar-refractivity contribution >= 4 is 22.9 Å². The lowest BCUT2D eigenvalue weighted by molar-refractivity contribution is 0.0742. The van der Waals surface area contributed by atoms with E-state index >= 15 is 0 Å². The number of aromatic nitrogens is 5. The molecule has 1 amide bonds. The second-order valence-corrected chi connectivity index (χ2v) is 7.91. The summed E-state index contributed by atoms with van der Waals surface area (Å²) in [7, 11) is 0. The van der Waals surface area contributed by atoms with Crippen LogP contribution in [0.5, 0.6) is 5.75 Å². The number of benzene rings is 2. The van der Waals surface area contributed by atoms with Crippen LogP contribution >= 0.6 is 0 Å². The fourth-order valence-electron chi connectivity index (χ4n) is 4.04. The molecule has 9 nitrogen and oxygen atoms in total. The van der Waals surface area contributed by atoms with Crippen molar-refractivity contribution in [1.82, 2.24) is 29.9 Å². The summed E-state index contributed by atoms with van der Waals surface area (Å²) < 4.78 is 7.37. The molecule has 5 rings (SSSR count). The van der Waals surface area contributed by atoms with Crippen molar-refractivity contribution in [2.75, 3.05) is 37.7 Å². The number of piperazine rings is 1. The van der Waals surface area contributed by atoms with Crippen molar-refractivity contribution in [3.63, 3.8) is 0 Å². The Hall–Kier alpha value is -4.01. The normalized spacial score (nSPS) is 14.0. The van der Waals surface area contributed by atoms with Gasteiger partial charge < -0.3 is 14.5 Å². The Labute approximate surface area is 191 Å². The number of para-hydroxylation sites is 1. The number of hydrogen-bond donors (Lipinski definition) is 0. The van der Waals surface area contributed by atoms with E-state index in [-0.39, 0.29) is 5.91 Å². The number of aryl methyl sites for hydroxylation is 1. The van der Waals surface area contributed by atoms with Crippen molar-refractivity contribution in [3.8, 4) is 11.4 Å². The Kier molecular flexibility index (Phi) is 5.60. The van der Waals surface area contributed by atoms with E-state index in [9.17, 15) is 4.79 Å². The molecule has 0 spiro atoms. The van der Waals surface area contributed by atoms with E-state index in [1.54, 1.807) is 11.0 Å². The highest BCUT2D eigenvalue weighted by Crippen LogP contribution is 2.25. The third-order valence-corrected chi connectivity index (χ3v) is 5.78. The number of anilines is 1. The highest BCUT2D eigenvalue weighted by Gasteiger charge is 2.26. The summed E-state index contributed by atoms with van der Waals surface area (Å²) in [6.45, 7) is 6.93. The summed E-state index contributed by atoms with van der Waals surface area (Å²) in [6, 6.07) is 15.4. The molecule has 0 unspecified atom stereocenters. The van der Waals surface area contributed by atoms with Crippen molar-refractivity contribution in [3.05, 3.63) is 66.0 Å². The van der Waals surface area contributed by atoms with Crippen molar-refractivity contribution in [1.29, 1.82) is 0 Å². The standard InChI is InChI=1S/C24H25N7O2/c1-3-33-20-7-5-4-6-19(20)24(32)30-14-12-29(13-15-30)22-21-23(26-16-25-22)31(28-27-21)18-10-8-17(2)9-11-18/h4-11,16H,3,12-15H2,1-2H3. The molecule has 0 N–H and O–H groups in total. The fraction of sp³-hybridized carbons (Fsp3) is 0.292. The Balaban J connectivity index is 1.35. The molecule has 33 heavy (non-hydrogen) atoms. The summed E-state index contributed by atoms with van der Waals surface area (Å²) in [4.78, 5) is 26.0. The lowest BCUT2D eigenvalue weighted by Crippen LogP contribution is -2.49. The number of fused-ring (bicyclic) bond motifs is 1. The molecule has 9 heteroatoms. The number of carbonyl (C=O) groups excluding carboxylic acids is 1. The molecule has 1 aliphatic heterocycles. The van der Waals surface area contributed by atoms with Crippen LogP contribution in [0.2, 0.25) is 0 Å². The zero-order valence-corrected chi connectivity index (χ0v) is 18.7. The molecular weight excluding hydrogens is 418 g/mol. The molecule has 2 aromatic carbocycles. The highest BCUT2D eigenvalue weighted by atomic mass is 16.5. The Morgan fingerprint density at radius 1 is 1.00 bits per heavy atom. The summed E-state index contributed by atoms with van der Waals surface area (Å²) in [5.41, 5.74) is 3.98. The third kappa shape index (κ3) is 3.97. The van der Waals surface area contributed by atoms with Crippen LogP contribution in [0, 0.1) is 6.92 Å². The van der Waals surface area contributed by atoms with E-state index in [1.807, 2.05) is 67.3 Å². The summed E-state index contributed by atoms with van der Waals surface area (Å²) in [5.74, 6) is 1.34. The summed E-state index contributed by atoms with van der Waals surface area (Å²) in [6.07, 6.45) is 1.54. The number of amides is 1. The van der Waals surface area contributed by atoms with Crippen molar-refractivity contribution in [2.45, 2.75) is 13.8 Å². The zero-order valence-electron chi connectivity index (χ0n) is 18.7. The van der Waals surface area contributed by atoms with Gasteiger partial charge in [0.25, 0.3) is 5.91 Å². The average Bonchev–Trinajstić information content (AvgIpc) is 3.29. The van der Waals surface area contributed by atoms with E-state index in [0.29, 0.717) is 55.3 Å². The first-order valence-electron chi connectivity index (χ1n) is 11.0. The number of hydrogen-bond acceptors (Lipinski definition) is 7. The second kappa shape index (κ2) is 8.85. The molecule has 4 aromatic rings. The third-order valence-electron chi connectivity index (χ3n) is 5.78. The highest BCUT2D eigenvalue weighted by molar-refractivity contribution is 5.97. The topological polar surface area (TPSA) is 89.3 Å². The first-order chi connectivity index (χ1) is 16.2. The van der Waals surface area contributed by atoms with Crippen LogP contribution in [0.3, 0.4) is 0 Å². The van der Waals surface area contributed by atoms with Crippen LogP contribution in [0.25, 0.3) is 16.9 Å². The van der Waals surface area contributed by atoms with Gasteiger partial charge in [0, 0.05) is 26.2 Å². The second-order valence-electron chi connectivity index (χ2n) is 7.91. The van der Waals surface area contributed by atoms with Crippen LogP contribution < -0.4 is 9.64 Å². The van der Waals surface area contributed by atoms with Crippen molar-refractivity contribution < 1.29 is 9.53 Å². The molecule has 3 heterocycles. The Morgan fingerprint density at radius 3 is 2.52 bits per heavy atom. The van der Waals surface area contributed by atoms with Gasteiger partial charge in [-0.3, -0.25) is 4.79 Å². The van der Waals surface area contributed by atoms with Gasteiger partial charge in [-0.2, -0.15) is 4.68 Å². The largest absolute Gasteiger partial charge is 0.493 e. The van der Waals surface area contributed by atoms with Gasteiger partial charge in [-0.15, -0.1) is 5.10 Å². The molecule has 1 aliphatic rings. The minimum atomic E-state index is -0.0168. The SMILES string of the molecule is CCOc1ccccc1C(=O)N1CCN(c2ncnc3c2nnn3-c2ccc(C)cc2)CC1. The maximum Gasteiger partial charge on any atom is 0.257 e. The van der Waals surface area contributed by atoms with Gasteiger partial charge in [0.1, 0.15) is 12.1 Å². The Morgan fingerprint density at radius 2 is 1.76 bits per heavy atom. The van der Waals surface area contributed by atoms with E-state index in [0.717, 1.165) is 11.5 Å².